The Morgan fingerprint density at radius 3 is 2.57 bits per heavy atom. The van der Waals surface area contributed by atoms with Crippen LogP contribution in [-0.2, 0) is 15.7 Å². The number of benzene rings is 3. The molecule has 0 saturated heterocycles. The molecule has 1 fully saturated rings. The Bertz CT molecular complexity index is 1550. The molecule has 1 aliphatic carbocycles. The van der Waals surface area contributed by atoms with Crippen LogP contribution >= 0.6 is 11.6 Å². The molecule has 0 aromatic heterocycles. The van der Waals surface area contributed by atoms with E-state index < -0.39 is 26.7 Å². The van der Waals surface area contributed by atoms with Gasteiger partial charge in [0.2, 0.25) is 0 Å². The van der Waals surface area contributed by atoms with Gasteiger partial charge in [-0.1, -0.05) is 54.1 Å². The molecule has 3 aliphatic rings. The second-order valence-electron chi connectivity index (χ2n) is 9.37. The number of rotatable bonds is 6. The SMILES string of the molecule is NC1=NC(c2ccc(OS(=O)(=O)C3CC3)cc2)(c2cccc(-c3cccc(Cl)c3F)c2)C2=NCCCN12. The summed E-state index contributed by atoms with van der Waals surface area (Å²) in [6, 6.07) is 19.1. The van der Waals surface area contributed by atoms with Crippen molar-refractivity contribution in [3.8, 4) is 16.9 Å². The fourth-order valence-corrected chi connectivity index (χ4v) is 6.33. The van der Waals surface area contributed by atoms with Crippen LogP contribution in [0.15, 0.2) is 76.7 Å². The number of halogens is 2. The smallest absolute Gasteiger partial charge is 0.312 e. The molecule has 10 heteroatoms. The Morgan fingerprint density at radius 2 is 1.81 bits per heavy atom. The number of nitrogens with zero attached hydrogens (tertiary/aromatic N) is 3. The zero-order valence-electron chi connectivity index (χ0n) is 19.8. The first kappa shape index (κ1) is 23.9. The molecule has 3 aromatic carbocycles. The molecule has 6 rings (SSSR count). The summed E-state index contributed by atoms with van der Waals surface area (Å²) in [6.45, 7) is 1.30. The van der Waals surface area contributed by atoms with Crippen LogP contribution < -0.4 is 9.92 Å². The lowest BCUT2D eigenvalue weighted by molar-refractivity contribution is 0.484. The van der Waals surface area contributed by atoms with Crippen molar-refractivity contribution in [3.63, 3.8) is 0 Å². The predicted molar refractivity (Wildman–Crippen MR) is 142 cm³/mol. The zero-order chi connectivity index (χ0) is 25.8. The van der Waals surface area contributed by atoms with E-state index in [1.165, 1.54) is 6.07 Å². The number of nitrogens with two attached hydrogens (primary N) is 1. The van der Waals surface area contributed by atoms with Gasteiger partial charge in [0.05, 0.1) is 10.3 Å². The lowest BCUT2D eigenvalue weighted by atomic mass is 9.81. The first-order valence-electron chi connectivity index (χ1n) is 12.1. The van der Waals surface area contributed by atoms with Gasteiger partial charge >= 0.3 is 10.1 Å². The monoisotopic (exact) mass is 538 g/mol. The molecule has 0 radical (unpaired) electrons. The van der Waals surface area contributed by atoms with Crippen molar-refractivity contribution in [1.82, 2.24) is 4.90 Å². The van der Waals surface area contributed by atoms with Crippen molar-refractivity contribution in [1.29, 1.82) is 0 Å². The Hall–Kier alpha value is -3.43. The van der Waals surface area contributed by atoms with Gasteiger partial charge < -0.3 is 9.92 Å². The third-order valence-electron chi connectivity index (χ3n) is 6.90. The summed E-state index contributed by atoms with van der Waals surface area (Å²) in [5, 5.41) is -0.391. The lowest BCUT2D eigenvalue weighted by Crippen LogP contribution is -2.46. The van der Waals surface area contributed by atoms with E-state index in [4.69, 9.17) is 31.5 Å². The fraction of sp³-hybridized carbons (Fsp3) is 0.259. The van der Waals surface area contributed by atoms with E-state index in [1.54, 1.807) is 36.4 Å². The van der Waals surface area contributed by atoms with Gasteiger partial charge in [-0.3, -0.25) is 9.89 Å². The molecule has 2 N–H and O–H groups in total. The third-order valence-corrected chi connectivity index (χ3v) is 8.90. The maximum atomic E-state index is 14.9. The van der Waals surface area contributed by atoms with Gasteiger partial charge in [-0.25, -0.2) is 9.38 Å². The van der Waals surface area contributed by atoms with Crippen LogP contribution in [0.2, 0.25) is 5.02 Å². The second kappa shape index (κ2) is 8.85. The van der Waals surface area contributed by atoms with Gasteiger partial charge in [-0.15, -0.1) is 0 Å². The van der Waals surface area contributed by atoms with Crippen LogP contribution in [0.4, 0.5) is 4.39 Å². The standard InChI is InChI=1S/C27H24ClFN4O3S/c28-23-7-2-6-22(24(23)29)17-4-1-5-19(16-17)27(25-31-14-3-15-33(25)26(30)32-27)18-8-10-20(11-9-18)36-37(34,35)21-12-13-21/h1-2,4-11,16,21H,3,12-15H2,(H2,30,32). The van der Waals surface area contributed by atoms with Gasteiger partial charge in [-0.05, 0) is 60.2 Å². The predicted octanol–water partition coefficient (Wildman–Crippen LogP) is 4.69. The summed E-state index contributed by atoms with van der Waals surface area (Å²) in [5.41, 5.74) is 7.79. The minimum Gasteiger partial charge on any atom is -0.382 e. The zero-order valence-corrected chi connectivity index (χ0v) is 21.3. The van der Waals surface area contributed by atoms with Gasteiger partial charge in [-0.2, -0.15) is 8.42 Å². The largest absolute Gasteiger partial charge is 0.382 e. The van der Waals surface area contributed by atoms with Crippen molar-refractivity contribution in [3.05, 3.63) is 88.7 Å². The molecule has 0 spiro atoms. The summed E-state index contributed by atoms with van der Waals surface area (Å²) in [6.07, 6.45) is 2.09. The Balaban J connectivity index is 1.48. The number of aliphatic imine (C=N–C) groups is 2. The number of hydrogen-bond acceptors (Lipinski definition) is 7. The van der Waals surface area contributed by atoms with E-state index in [1.807, 2.05) is 29.2 Å². The van der Waals surface area contributed by atoms with Crippen LogP contribution in [0.1, 0.15) is 30.4 Å². The van der Waals surface area contributed by atoms with Crippen LogP contribution in [0.25, 0.3) is 11.1 Å². The highest BCUT2D eigenvalue weighted by Crippen LogP contribution is 2.43. The van der Waals surface area contributed by atoms with Crippen LogP contribution in [0.5, 0.6) is 5.75 Å². The second-order valence-corrected chi connectivity index (χ2v) is 11.6. The lowest BCUT2D eigenvalue weighted by Gasteiger charge is -2.33. The van der Waals surface area contributed by atoms with E-state index >= 15 is 0 Å². The number of amidine groups is 1. The molecule has 190 valence electrons. The maximum absolute atomic E-state index is 14.9. The number of guanidine groups is 1. The van der Waals surface area contributed by atoms with E-state index in [2.05, 4.69) is 0 Å². The quantitative estimate of drug-likeness (QED) is 0.459. The summed E-state index contributed by atoms with van der Waals surface area (Å²) < 4.78 is 44.9. The Labute approximate surface area is 219 Å². The Morgan fingerprint density at radius 1 is 1.05 bits per heavy atom. The van der Waals surface area contributed by atoms with Crippen molar-refractivity contribution in [2.75, 3.05) is 13.1 Å². The van der Waals surface area contributed by atoms with Crippen LogP contribution in [0.3, 0.4) is 0 Å². The highest BCUT2D eigenvalue weighted by Gasteiger charge is 2.49. The van der Waals surface area contributed by atoms with E-state index in [0.29, 0.717) is 48.9 Å². The van der Waals surface area contributed by atoms with Crippen molar-refractivity contribution in [2.45, 2.75) is 30.1 Å². The average molecular weight is 539 g/mol. The molecule has 1 unspecified atom stereocenters. The molecule has 0 amide bonds. The number of hydrogen-bond donors (Lipinski definition) is 1. The Kier molecular flexibility index (Phi) is 5.72. The molecule has 37 heavy (non-hydrogen) atoms. The molecule has 0 bridgehead atoms. The first-order chi connectivity index (χ1) is 17.8. The molecule has 3 aromatic rings. The molecule has 2 heterocycles. The first-order valence-corrected chi connectivity index (χ1v) is 13.9. The molecule has 7 nitrogen and oxygen atoms in total. The van der Waals surface area contributed by atoms with Gasteiger partial charge in [0.25, 0.3) is 0 Å². The topological polar surface area (TPSA) is 97.3 Å². The summed E-state index contributed by atoms with van der Waals surface area (Å²) in [7, 11) is -3.64. The summed E-state index contributed by atoms with van der Waals surface area (Å²) in [4.78, 5) is 11.7. The summed E-state index contributed by atoms with van der Waals surface area (Å²) >= 11 is 6.05. The molecule has 1 saturated carbocycles. The van der Waals surface area contributed by atoms with Gasteiger partial charge in [0, 0.05) is 18.7 Å². The van der Waals surface area contributed by atoms with E-state index in [0.717, 1.165) is 17.5 Å². The van der Waals surface area contributed by atoms with Crippen LogP contribution in [0, 0.1) is 5.82 Å². The normalized spacial score (nSPS) is 21.3. The molecule has 1 atom stereocenters. The van der Waals surface area contributed by atoms with Crippen molar-refractivity contribution >= 4 is 33.5 Å². The van der Waals surface area contributed by atoms with Crippen molar-refractivity contribution in [2.24, 2.45) is 15.7 Å². The molecular formula is C27H24ClFN4O3S. The van der Waals surface area contributed by atoms with E-state index in [9.17, 15) is 12.8 Å². The minimum absolute atomic E-state index is 0.0420. The maximum Gasteiger partial charge on any atom is 0.312 e. The minimum atomic E-state index is -3.64. The highest BCUT2D eigenvalue weighted by molar-refractivity contribution is 7.88. The third kappa shape index (κ3) is 4.06. The van der Waals surface area contributed by atoms with Crippen LogP contribution in [-0.4, -0.2) is 43.5 Å². The highest BCUT2D eigenvalue weighted by atomic mass is 35.5. The molecule has 2 aliphatic heterocycles. The van der Waals surface area contributed by atoms with Gasteiger partial charge in [0.1, 0.15) is 17.4 Å². The number of fused-ring (bicyclic) bond motifs is 1. The fourth-order valence-electron chi connectivity index (χ4n) is 4.92. The molecular weight excluding hydrogens is 515 g/mol. The van der Waals surface area contributed by atoms with Crippen molar-refractivity contribution < 1.29 is 17.0 Å². The van der Waals surface area contributed by atoms with Gasteiger partial charge in [0.15, 0.2) is 11.5 Å². The summed E-state index contributed by atoms with van der Waals surface area (Å²) in [5.74, 6) is 0.756. The average Bonchev–Trinajstić information content (AvgIpc) is 3.72. The van der Waals surface area contributed by atoms with E-state index in [-0.39, 0.29) is 10.8 Å².